The van der Waals surface area contributed by atoms with E-state index in [2.05, 4.69) is 17.1 Å². The minimum Gasteiger partial charge on any atom is -0.481 e. The molecule has 1 heterocycles. The van der Waals surface area contributed by atoms with Crippen LogP contribution in [0.2, 0.25) is 0 Å². The number of hydrogen-bond donors (Lipinski definition) is 2. The second kappa shape index (κ2) is 7.71. The number of carbonyl (C=O) groups excluding carboxylic acids is 1. The SMILES string of the molecule is CCCCCC(CC)C(C(=O)O)C(=O)c1cn[nH]c1. The lowest BCUT2D eigenvalue weighted by Gasteiger charge is -2.21. The highest BCUT2D eigenvalue weighted by molar-refractivity contribution is 6.08. The Labute approximate surface area is 113 Å². The monoisotopic (exact) mass is 266 g/mol. The highest BCUT2D eigenvalue weighted by atomic mass is 16.4. The fourth-order valence-electron chi connectivity index (χ4n) is 2.36. The Morgan fingerprint density at radius 2 is 2.11 bits per heavy atom. The van der Waals surface area contributed by atoms with Gasteiger partial charge in [-0.15, -0.1) is 0 Å². The Morgan fingerprint density at radius 1 is 1.37 bits per heavy atom. The van der Waals surface area contributed by atoms with Gasteiger partial charge in [-0.2, -0.15) is 5.10 Å². The minimum absolute atomic E-state index is 0.105. The average Bonchev–Trinajstić information content (AvgIpc) is 2.90. The van der Waals surface area contributed by atoms with Crippen LogP contribution in [-0.4, -0.2) is 27.1 Å². The van der Waals surface area contributed by atoms with E-state index in [9.17, 15) is 14.7 Å². The van der Waals surface area contributed by atoms with E-state index in [1.807, 2.05) is 6.92 Å². The number of nitrogens with one attached hydrogen (secondary N) is 1. The standard InChI is InChI=1S/C14H22N2O3/c1-3-5-6-7-10(4-2)12(14(18)19)13(17)11-8-15-16-9-11/h8-10,12H,3-7H2,1-2H3,(H,15,16)(H,18,19). The molecule has 5 nitrogen and oxygen atoms in total. The van der Waals surface area contributed by atoms with Crippen molar-refractivity contribution in [3.63, 3.8) is 0 Å². The van der Waals surface area contributed by atoms with Gasteiger partial charge in [0.25, 0.3) is 0 Å². The molecule has 0 fully saturated rings. The van der Waals surface area contributed by atoms with E-state index in [4.69, 9.17) is 0 Å². The van der Waals surface area contributed by atoms with E-state index in [-0.39, 0.29) is 11.7 Å². The predicted molar refractivity (Wildman–Crippen MR) is 72.0 cm³/mol. The van der Waals surface area contributed by atoms with Crippen molar-refractivity contribution in [3.8, 4) is 0 Å². The minimum atomic E-state index is -1.03. The van der Waals surface area contributed by atoms with E-state index >= 15 is 0 Å². The van der Waals surface area contributed by atoms with Crippen molar-refractivity contribution >= 4 is 11.8 Å². The van der Waals surface area contributed by atoms with Gasteiger partial charge in [-0.05, 0) is 12.3 Å². The van der Waals surface area contributed by atoms with E-state index < -0.39 is 11.9 Å². The fourth-order valence-corrected chi connectivity index (χ4v) is 2.36. The lowest BCUT2D eigenvalue weighted by molar-refractivity contribution is -0.141. The lowest BCUT2D eigenvalue weighted by Crippen LogP contribution is -2.31. The van der Waals surface area contributed by atoms with Crippen LogP contribution >= 0.6 is 0 Å². The summed E-state index contributed by atoms with van der Waals surface area (Å²) in [4.78, 5) is 23.7. The molecule has 0 radical (unpaired) electrons. The summed E-state index contributed by atoms with van der Waals surface area (Å²) in [7, 11) is 0. The molecule has 0 amide bonds. The number of rotatable bonds is 9. The van der Waals surface area contributed by atoms with Crippen LogP contribution in [-0.2, 0) is 4.79 Å². The number of hydrogen-bond acceptors (Lipinski definition) is 3. The third-order valence-corrected chi connectivity index (χ3v) is 3.51. The number of unbranched alkanes of at least 4 members (excludes halogenated alkanes) is 2. The molecular formula is C14H22N2O3. The highest BCUT2D eigenvalue weighted by Gasteiger charge is 2.34. The summed E-state index contributed by atoms with van der Waals surface area (Å²) in [6.07, 6.45) is 7.45. The first-order chi connectivity index (χ1) is 9.11. The third kappa shape index (κ3) is 4.19. The number of nitrogens with zero attached hydrogens (tertiary/aromatic N) is 1. The van der Waals surface area contributed by atoms with E-state index in [0.29, 0.717) is 12.0 Å². The van der Waals surface area contributed by atoms with Gasteiger partial charge in [-0.25, -0.2) is 0 Å². The molecule has 19 heavy (non-hydrogen) atoms. The molecule has 0 saturated carbocycles. The van der Waals surface area contributed by atoms with Crippen LogP contribution in [0.4, 0.5) is 0 Å². The Morgan fingerprint density at radius 3 is 2.58 bits per heavy atom. The van der Waals surface area contributed by atoms with Crippen molar-refractivity contribution in [1.29, 1.82) is 0 Å². The Bertz CT molecular complexity index is 401. The molecule has 1 aromatic rings. The maximum absolute atomic E-state index is 12.2. The van der Waals surface area contributed by atoms with Crippen LogP contribution in [0.25, 0.3) is 0 Å². The zero-order valence-electron chi connectivity index (χ0n) is 11.6. The molecule has 0 aromatic carbocycles. The van der Waals surface area contributed by atoms with Gasteiger partial charge in [0, 0.05) is 6.20 Å². The second-order valence-electron chi connectivity index (χ2n) is 4.83. The number of H-pyrrole nitrogens is 1. The zero-order chi connectivity index (χ0) is 14.3. The molecule has 106 valence electrons. The van der Waals surface area contributed by atoms with Gasteiger partial charge in [-0.3, -0.25) is 14.7 Å². The van der Waals surface area contributed by atoms with Crippen LogP contribution in [0.5, 0.6) is 0 Å². The summed E-state index contributed by atoms with van der Waals surface area (Å²) in [5.74, 6) is -2.44. The molecule has 0 aliphatic rings. The summed E-state index contributed by atoms with van der Waals surface area (Å²) >= 11 is 0. The second-order valence-corrected chi connectivity index (χ2v) is 4.83. The smallest absolute Gasteiger partial charge is 0.314 e. The molecule has 0 bridgehead atoms. The summed E-state index contributed by atoms with van der Waals surface area (Å²) in [5, 5.41) is 15.6. The van der Waals surface area contributed by atoms with Gasteiger partial charge in [0.2, 0.25) is 0 Å². The van der Waals surface area contributed by atoms with Gasteiger partial charge >= 0.3 is 5.97 Å². The van der Waals surface area contributed by atoms with Gasteiger partial charge in [0.15, 0.2) is 5.78 Å². The quantitative estimate of drug-likeness (QED) is 0.409. The number of Topliss-reactive ketones (excluding diaryl/α,β-unsaturated/α-hetero) is 1. The molecule has 2 atom stereocenters. The van der Waals surface area contributed by atoms with Crippen LogP contribution in [0.15, 0.2) is 12.4 Å². The topological polar surface area (TPSA) is 83.0 Å². The lowest BCUT2D eigenvalue weighted by atomic mass is 9.81. The summed E-state index contributed by atoms with van der Waals surface area (Å²) in [5.41, 5.74) is 0.348. The molecular weight excluding hydrogens is 244 g/mol. The molecule has 0 saturated heterocycles. The van der Waals surface area contributed by atoms with Crippen molar-refractivity contribution in [2.75, 3.05) is 0 Å². The number of carboxylic acids is 1. The van der Waals surface area contributed by atoms with Crippen LogP contribution in [0.1, 0.15) is 56.3 Å². The molecule has 1 rings (SSSR count). The van der Waals surface area contributed by atoms with Gasteiger partial charge in [-0.1, -0.05) is 39.5 Å². The number of aromatic amines is 1. The number of carboxylic acid groups (broad SMARTS) is 1. The normalized spacial score (nSPS) is 14.0. The molecule has 0 aliphatic heterocycles. The Kier molecular flexibility index (Phi) is 6.25. The van der Waals surface area contributed by atoms with Crippen molar-refractivity contribution in [1.82, 2.24) is 10.2 Å². The number of carbonyl (C=O) groups is 2. The summed E-state index contributed by atoms with van der Waals surface area (Å²) < 4.78 is 0. The van der Waals surface area contributed by atoms with Crippen molar-refractivity contribution < 1.29 is 14.7 Å². The first kappa shape index (κ1) is 15.4. The van der Waals surface area contributed by atoms with Gasteiger partial charge < -0.3 is 5.11 Å². The van der Waals surface area contributed by atoms with Crippen LogP contribution < -0.4 is 0 Å². The van der Waals surface area contributed by atoms with E-state index in [1.165, 1.54) is 12.4 Å². The molecule has 1 aromatic heterocycles. The summed E-state index contributed by atoms with van der Waals surface area (Å²) in [6, 6.07) is 0. The number of ketones is 1. The van der Waals surface area contributed by atoms with Crippen molar-refractivity contribution in [2.24, 2.45) is 11.8 Å². The van der Waals surface area contributed by atoms with E-state index in [0.717, 1.165) is 25.7 Å². The van der Waals surface area contributed by atoms with Crippen LogP contribution in [0, 0.1) is 11.8 Å². The Hall–Kier alpha value is -1.65. The largest absolute Gasteiger partial charge is 0.481 e. The van der Waals surface area contributed by atoms with Crippen LogP contribution in [0.3, 0.4) is 0 Å². The third-order valence-electron chi connectivity index (χ3n) is 3.51. The molecule has 0 spiro atoms. The maximum Gasteiger partial charge on any atom is 0.314 e. The van der Waals surface area contributed by atoms with Gasteiger partial charge in [0.1, 0.15) is 5.92 Å². The molecule has 5 heteroatoms. The van der Waals surface area contributed by atoms with Crippen molar-refractivity contribution in [2.45, 2.75) is 46.0 Å². The van der Waals surface area contributed by atoms with Crippen molar-refractivity contribution in [3.05, 3.63) is 18.0 Å². The number of aliphatic carboxylic acids is 1. The zero-order valence-corrected chi connectivity index (χ0v) is 11.6. The predicted octanol–water partition coefficient (Wildman–Crippen LogP) is 2.90. The molecule has 2 N–H and O–H groups in total. The number of aromatic nitrogens is 2. The summed E-state index contributed by atoms with van der Waals surface area (Å²) in [6.45, 7) is 4.04. The fraction of sp³-hybridized carbons (Fsp3) is 0.643. The first-order valence-electron chi connectivity index (χ1n) is 6.87. The molecule has 2 unspecified atom stereocenters. The maximum atomic E-state index is 12.2. The van der Waals surface area contributed by atoms with Gasteiger partial charge in [0.05, 0.1) is 11.8 Å². The first-order valence-corrected chi connectivity index (χ1v) is 6.87. The van der Waals surface area contributed by atoms with E-state index in [1.54, 1.807) is 0 Å². The average molecular weight is 266 g/mol. The highest BCUT2D eigenvalue weighted by Crippen LogP contribution is 2.26. The Balaban J connectivity index is 2.80. The molecule has 0 aliphatic carbocycles.